The highest BCUT2D eigenvalue weighted by Gasteiger charge is 2.35. The average molecular weight is 473 g/mol. The maximum atomic E-state index is 12.8. The lowest BCUT2D eigenvalue weighted by Crippen LogP contribution is -2.50. The Kier molecular flexibility index (Phi) is 5.57. The molecule has 3 N–H and O–H groups in total. The van der Waals surface area contributed by atoms with E-state index in [2.05, 4.69) is 52.4 Å². The number of amides is 1. The van der Waals surface area contributed by atoms with Gasteiger partial charge in [-0.05, 0) is 60.9 Å². The molecule has 4 aromatic rings. The molecule has 0 spiro atoms. The third-order valence-electron chi connectivity index (χ3n) is 7.71. The number of benzene rings is 1. The number of nitrogens with one attached hydrogen (secondary N) is 2. The number of nitrogens with zero attached hydrogens (tertiary/aromatic N) is 4. The van der Waals surface area contributed by atoms with Gasteiger partial charge >= 0.3 is 0 Å². The molecule has 2 saturated heterocycles. The van der Waals surface area contributed by atoms with E-state index in [0.29, 0.717) is 24.8 Å². The van der Waals surface area contributed by atoms with Crippen LogP contribution in [0.2, 0.25) is 0 Å². The minimum atomic E-state index is -0.566. The van der Waals surface area contributed by atoms with Crippen LogP contribution in [0.25, 0.3) is 27.8 Å². The number of aromatic nitrogens is 4. The Balaban J connectivity index is 1.27. The maximum Gasteiger partial charge on any atom is 0.242 e. The Labute approximate surface area is 204 Å². The molecule has 0 radical (unpaired) electrons. The van der Waals surface area contributed by atoms with Crippen molar-refractivity contribution in [1.82, 2.24) is 29.8 Å². The summed E-state index contributed by atoms with van der Waals surface area (Å²) in [6.45, 7) is 6.63. The number of rotatable bonds is 4. The summed E-state index contributed by atoms with van der Waals surface area (Å²) in [5.74, 6) is 0.807. The molecule has 8 heteroatoms. The zero-order valence-electron chi connectivity index (χ0n) is 20.2. The van der Waals surface area contributed by atoms with E-state index in [1.165, 1.54) is 16.5 Å². The van der Waals surface area contributed by atoms with Crippen molar-refractivity contribution in [2.24, 2.45) is 0 Å². The predicted molar refractivity (Wildman–Crippen MR) is 135 cm³/mol. The van der Waals surface area contributed by atoms with E-state index < -0.39 is 12.1 Å². The normalized spacial score (nSPS) is 21.5. The molecule has 35 heavy (non-hydrogen) atoms. The van der Waals surface area contributed by atoms with Crippen molar-refractivity contribution < 1.29 is 9.90 Å². The number of hydrogen-bond acceptors (Lipinski definition) is 5. The summed E-state index contributed by atoms with van der Waals surface area (Å²) in [6.07, 6.45) is 7.67. The first-order chi connectivity index (χ1) is 17.0. The number of piperidine rings is 1. The quantitative estimate of drug-likeness (QED) is 0.423. The number of carbonyl (C=O) groups is 1. The molecule has 2 aliphatic heterocycles. The molecule has 182 valence electrons. The summed E-state index contributed by atoms with van der Waals surface area (Å²) in [6, 6.07) is 8.22. The van der Waals surface area contributed by atoms with Gasteiger partial charge in [-0.2, -0.15) is 5.10 Å². The summed E-state index contributed by atoms with van der Waals surface area (Å²) >= 11 is 0. The van der Waals surface area contributed by atoms with E-state index in [4.69, 9.17) is 0 Å². The zero-order chi connectivity index (χ0) is 24.1. The molecule has 0 aliphatic carbocycles. The van der Waals surface area contributed by atoms with Crippen LogP contribution in [0, 0.1) is 0 Å². The van der Waals surface area contributed by atoms with Crippen molar-refractivity contribution in [3.8, 4) is 11.3 Å². The lowest BCUT2D eigenvalue weighted by Gasteiger charge is -2.34. The second-order valence-electron chi connectivity index (χ2n) is 10.2. The maximum absolute atomic E-state index is 12.8. The third kappa shape index (κ3) is 3.90. The molecule has 8 nitrogen and oxygen atoms in total. The number of H-pyrrole nitrogens is 1. The number of aromatic amines is 1. The third-order valence-corrected chi connectivity index (χ3v) is 7.71. The van der Waals surface area contributed by atoms with Crippen molar-refractivity contribution in [2.75, 3.05) is 19.6 Å². The lowest BCUT2D eigenvalue weighted by atomic mass is 9.87. The van der Waals surface area contributed by atoms with Gasteiger partial charge in [-0.15, -0.1) is 0 Å². The highest BCUT2D eigenvalue weighted by Crippen LogP contribution is 2.38. The molecular weight excluding hydrogens is 440 g/mol. The van der Waals surface area contributed by atoms with Crippen LogP contribution in [0.3, 0.4) is 0 Å². The van der Waals surface area contributed by atoms with Crippen LogP contribution >= 0.6 is 0 Å². The number of carbonyl (C=O) groups excluding carboxylic acids is 1. The Bertz CT molecular complexity index is 1380. The van der Waals surface area contributed by atoms with E-state index in [9.17, 15) is 9.90 Å². The van der Waals surface area contributed by atoms with E-state index in [1.54, 1.807) is 6.20 Å². The number of likely N-dealkylation sites (tertiary alicyclic amines) is 1. The smallest absolute Gasteiger partial charge is 0.242 e. The van der Waals surface area contributed by atoms with Crippen LogP contribution < -0.4 is 5.32 Å². The van der Waals surface area contributed by atoms with Gasteiger partial charge in [-0.25, -0.2) is 9.50 Å². The van der Waals surface area contributed by atoms with Gasteiger partial charge < -0.3 is 20.3 Å². The van der Waals surface area contributed by atoms with E-state index >= 15 is 0 Å². The highest BCUT2D eigenvalue weighted by atomic mass is 16.3. The van der Waals surface area contributed by atoms with Crippen LogP contribution in [0.5, 0.6) is 0 Å². The Hall–Kier alpha value is -3.23. The average Bonchev–Trinajstić information content (AvgIpc) is 3.60. The van der Waals surface area contributed by atoms with Crippen molar-refractivity contribution in [3.05, 3.63) is 54.0 Å². The minimum absolute atomic E-state index is 0.0454. The molecule has 2 fully saturated rings. The molecule has 0 unspecified atom stereocenters. The minimum Gasteiger partial charge on any atom is -0.391 e. The van der Waals surface area contributed by atoms with Gasteiger partial charge in [0.25, 0.3) is 0 Å². The van der Waals surface area contributed by atoms with E-state index in [1.807, 2.05) is 27.9 Å². The summed E-state index contributed by atoms with van der Waals surface area (Å²) in [7, 11) is 0. The fraction of sp³-hybridized carbons (Fsp3) is 0.444. The molecule has 2 aliphatic rings. The van der Waals surface area contributed by atoms with Crippen LogP contribution in [0.15, 0.2) is 42.9 Å². The number of hydrogen-bond donors (Lipinski definition) is 3. The van der Waals surface area contributed by atoms with E-state index in [0.717, 1.165) is 48.4 Å². The first-order valence-corrected chi connectivity index (χ1v) is 12.6. The summed E-state index contributed by atoms with van der Waals surface area (Å²) < 4.78 is 1.81. The first kappa shape index (κ1) is 22.2. The van der Waals surface area contributed by atoms with E-state index in [-0.39, 0.29) is 5.91 Å². The Morgan fingerprint density at radius 3 is 2.74 bits per heavy atom. The molecule has 3 aromatic heterocycles. The molecule has 6 rings (SSSR count). The van der Waals surface area contributed by atoms with Gasteiger partial charge in [0.1, 0.15) is 6.04 Å². The van der Waals surface area contributed by atoms with Crippen molar-refractivity contribution in [2.45, 2.75) is 57.1 Å². The zero-order valence-corrected chi connectivity index (χ0v) is 20.2. The molecule has 0 bridgehead atoms. The van der Waals surface area contributed by atoms with Crippen LogP contribution in [0.4, 0.5) is 0 Å². The highest BCUT2D eigenvalue weighted by molar-refractivity contribution is 5.92. The topological polar surface area (TPSA) is 98.6 Å². The predicted octanol–water partition coefficient (Wildman–Crippen LogP) is 3.43. The molecule has 5 heterocycles. The number of aliphatic hydroxyl groups is 1. The largest absolute Gasteiger partial charge is 0.391 e. The van der Waals surface area contributed by atoms with Crippen molar-refractivity contribution in [1.29, 1.82) is 0 Å². The lowest BCUT2D eigenvalue weighted by molar-refractivity contribution is -0.136. The van der Waals surface area contributed by atoms with Gasteiger partial charge in [-0.3, -0.25) is 4.79 Å². The van der Waals surface area contributed by atoms with Gasteiger partial charge in [0.2, 0.25) is 5.91 Å². The molecule has 2 atom stereocenters. The van der Waals surface area contributed by atoms with Crippen molar-refractivity contribution >= 4 is 22.5 Å². The Morgan fingerprint density at radius 2 is 2.00 bits per heavy atom. The van der Waals surface area contributed by atoms with Crippen LogP contribution in [0.1, 0.15) is 56.1 Å². The van der Waals surface area contributed by atoms with Gasteiger partial charge in [-0.1, -0.05) is 19.9 Å². The fourth-order valence-corrected chi connectivity index (χ4v) is 5.82. The van der Waals surface area contributed by atoms with Gasteiger partial charge in [0.15, 0.2) is 5.65 Å². The summed E-state index contributed by atoms with van der Waals surface area (Å²) in [4.78, 5) is 23.0. The number of fused-ring (bicyclic) bond motifs is 2. The van der Waals surface area contributed by atoms with Gasteiger partial charge in [0.05, 0.1) is 18.0 Å². The summed E-state index contributed by atoms with van der Waals surface area (Å²) in [5.41, 5.74) is 6.71. The second kappa shape index (κ2) is 8.77. The molecular formula is C27H32N6O2. The first-order valence-electron chi connectivity index (χ1n) is 12.6. The standard InChI is InChI=1S/C27H32N6O2/c1-16(2)24-20-13-18(17-7-11-32(12-8-17)27(35)26-22(34)5-9-28-26)3-4-21(20)31-25(24)19-14-29-23-6-10-30-33(23)15-19/h3-4,6,10,13-17,22,26,28,31,34H,5,7-9,11-12H2,1-2H3/t22-,26+/m1/s1. The SMILES string of the molecule is CC(C)c1c(-c2cnc3ccnn3c2)[nH]c2ccc(C3CCN(C(=O)[C@H]4NCC[C@H]4O)CC3)cc12. The monoisotopic (exact) mass is 472 g/mol. The van der Waals surface area contributed by atoms with Crippen LogP contribution in [-0.4, -0.2) is 67.3 Å². The van der Waals surface area contributed by atoms with Gasteiger partial charge in [0, 0.05) is 48.0 Å². The fourth-order valence-electron chi connectivity index (χ4n) is 5.82. The number of aliphatic hydroxyl groups excluding tert-OH is 1. The van der Waals surface area contributed by atoms with Crippen molar-refractivity contribution in [3.63, 3.8) is 0 Å². The molecule has 0 saturated carbocycles. The second-order valence-corrected chi connectivity index (χ2v) is 10.2. The molecule has 1 aromatic carbocycles. The molecule has 1 amide bonds. The van der Waals surface area contributed by atoms with Crippen LogP contribution in [-0.2, 0) is 4.79 Å². The summed E-state index contributed by atoms with van der Waals surface area (Å²) in [5, 5.41) is 18.9. The Morgan fingerprint density at radius 1 is 1.17 bits per heavy atom.